The number of hydrogen-bond acceptors (Lipinski definition) is 2. The molecule has 3 nitrogen and oxygen atoms in total. The van der Waals surface area contributed by atoms with Crippen LogP contribution in [0.1, 0.15) is 60.8 Å². The van der Waals surface area contributed by atoms with E-state index in [1.54, 1.807) is 13.8 Å². The van der Waals surface area contributed by atoms with Crippen molar-refractivity contribution in [3.05, 3.63) is 34.4 Å². The molecule has 1 aromatic carbocycles. The van der Waals surface area contributed by atoms with Crippen LogP contribution in [0.5, 0.6) is 0 Å². The van der Waals surface area contributed by atoms with Crippen LogP contribution in [-0.4, -0.2) is 17.2 Å². The molecule has 1 atom stereocenters. The van der Waals surface area contributed by atoms with Crippen LogP contribution in [-0.2, 0) is 9.59 Å². The van der Waals surface area contributed by atoms with Gasteiger partial charge in [0.1, 0.15) is 5.92 Å². The van der Waals surface area contributed by atoms with Crippen molar-refractivity contribution in [3.8, 4) is 0 Å². The van der Waals surface area contributed by atoms with Crippen molar-refractivity contribution in [1.82, 2.24) is 5.32 Å². The lowest BCUT2D eigenvalue weighted by Crippen LogP contribution is -2.39. The minimum atomic E-state index is -0.754. The second-order valence-electron chi connectivity index (χ2n) is 6.75. The lowest BCUT2D eigenvalue weighted by molar-refractivity contribution is -0.125. The zero-order valence-electron chi connectivity index (χ0n) is 12.5. The van der Waals surface area contributed by atoms with Gasteiger partial charge < -0.3 is 5.32 Å². The molecule has 106 valence electrons. The van der Waals surface area contributed by atoms with Gasteiger partial charge in [0, 0.05) is 0 Å². The molecule has 0 radical (unpaired) electrons. The third kappa shape index (κ3) is 1.96. The van der Waals surface area contributed by atoms with Crippen molar-refractivity contribution in [2.75, 3.05) is 0 Å². The smallest absolute Gasteiger partial charge is 0.235 e. The van der Waals surface area contributed by atoms with Crippen molar-refractivity contribution in [2.24, 2.45) is 0 Å². The summed E-state index contributed by atoms with van der Waals surface area (Å²) >= 11 is 0. The highest BCUT2D eigenvalue weighted by Gasteiger charge is 2.48. The monoisotopic (exact) mass is 271 g/mol. The van der Waals surface area contributed by atoms with Gasteiger partial charge in [-0.1, -0.05) is 12.1 Å². The summed E-state index contributed by atoms with van der Waals surface area (Å²) < 4.78 is 0. The molecule has 3 heteroatoms. The normalized spacial score (nSPS) is 24.9. The van der Waals surface area contributed by atoms with Gasteiger partial charge >= 0.3 is 0 Å². The Bertz CT molecular complexity index is 588. The minimum Gasteiger partial charge on any atom is -0.343 e. The Morgan fingerprint density at radius 1 is 1.10 bits per heavy atom. The van der Waals surface area contributed by atoms with Crippen molar-refractivity contribution < 1.29 is 9.59 Å². The topological polar surface area (TPSA) is 46.2 Å². The first-order valence-corrected chi connectivity index (χ1v) is 7.28. The molecule has 2 aliphatic rings. The van der Waals surface area contributed by atoms with Gasteiger partial charge in [0.15, 0.2) is 5.78 Å². The minimum absolute atomic E-state index is 0.0205. The molecule has 1 heterocycles. The molecular weight excluding hydrogens is 250 g/mol. The van der Waals surface area contributed by atoms with Gasteiger partial charge in [-0.2, -0.15) is 0 Å². The van der Waals surface area contributed by atoms with E-state index in [-0.39, 0.29) is 11.7 Å². The average Bonchev–Trinajstić information content (AvgIpc) is 3.12. The van der Waals surface area contributed by atoms with Crippen LogP contribution in [0, 0.1) is 13.8 Å². The fourth-order valence-electron chi connectivity index (χ4n) is 3.30. The van der Waals surface area contributed by atoms with Gasteiger partial charge in [-0.3, -0.25) is 9.59 Å². The quantitative estimate of drug-likeness (QED) is 0.841. The van der Waals surface area contributed by atoms with Gasteiger partial charge in [-0.05, 0) is 68.7 Å². The number of ketones is 1. The number of amides is 1. The summed E-state index contributed by atoms with van der Waals surface area (Å²) in [5.41, 5.74) is 3.64. The molecule has 2 fully saturated rings. The van der Waals surface area contributed by atoms with E-state index in [0.717, 1.165) is 16.7 Å². The van der Waals surface area contributed by atoms with E-state index in [4.69, 9.17) is 0 Å². The Morgan fingerprint density at radius 2 is 1.65 bits per heavy atom. The van der Waals surface area contributed by atoms with E-state index in [9.17, 15) is 9.59 Å². The molecule has 1 aromatic rings. The summed E-state index contributed by atoms with van der Waals surface area (Å²) in [6.07, 6.45) is 2.52. The Hall–Kier alpha value is -1.64. The van der Waals surface area contributed by atoms with Crippen LogP contribution in [0.3, 0.4) is 0 Å². The highest BCUT2D eigenvalue weighted by atomic mass is 16.2. The third-order valence-corrected chi connectivity index (χ3v) is 4.53. The third-order valence-electron chi connectivity index (χ3n) is 4.53. The number of Topliss-reactive ketones (excluding diaryl/α,β-unsaturated/α-hetero) is 1. The number of aryl methyl sites for hydroxylation is 2. The molecule has 1 N–H and O–H groups in total. The number of carbonyl (C=O) groups excluding carboxylic acids is 2. The number of nitrogens with one attached hydrogen (secondary N) is 1. The molecular formula is C17H21NO2. The Morgan fingerprint density at radius 3 is 2.05 bits per heavy atom. The van der Waals surface area contributed by atoms with Gasteiger partial charge in [-0.25, -0.2) is 0 Å². The second kappa shape index (κ2) is 4.18. The van der Waals surface area contributed by atoms with Crippen LogP contribution in [0.4, 0.5) is 0 Å². The van der Waals surface area contributed by atoms with Crippen molar-refractivity contribution in [2.45, 2.75) is 57.9 Å². The summed E-state index contributed by atoms with van der Waals surface area (Å²) in [6.45, 7) is 7.58. The van der Waals surface area contributed by atoms with Gasteiger partial charge in [0.2, 0.25) is 5.91 Å². The van der Waals surface area contributed by atoms with Crippen LogP contribution in [0.2, 0.25) is 0 Å². The summed E-state index contributed by atoms with van der Waals surface area (Å²) in [5, 5.41) is 2.81. The SMILES string of the molecule is Cc1cc(C2CC2)cc(C)c1C1C(=O)NC(C)(C)C1=O. The number of carbonyl (C=O) groups is 2. The summed E-state index contributed by atoms with van der Waals surface area (Å²) in [5.74, 6) is -0.137. The van der Waals surface area contributed by atoms with E-state index in [0.29, 0.717) is 5.92 Å². The molecule has 1 saturated carbocycles. The van der Waals surface area contributed by atoms with E-state index in [1.807, 2.05) is 13.8 Å². The van der Waals surface area contributed by atoms with Gasteiger partial charge in [-0.15, -0.1) is 0 Å². The summed E-state index contributed by atoms with van der Waals surface area (Å²) in [4.78, 5) is 24.7. The van der Waals surface area contributed by atoms with E-state index in [1.165, 1.54) is 18.4 Å². The fourth-order valence-corrected chi connectivity index (χ4v) is 3.30. The van der Waals surface area contributed by atoms with E-state index in [2.05, 4.69) is 17.4 Å². The predicted octanol–water partition coefficient (Wildman–Crippen LogP) is 2.74. The first-order valence-electron chi connectivity index (χ1n) is 7.28. The van der Waals surface area contributed by atoms with Crippen LogP contribution >= 0.6 is 0 Å². The molecule has 20 heavy (non-hydrogen) atoms. The maximum Gasteiger partial charge on any atom is 0.235 e. The van der Waals surface area contributed by atoms with Crippen LogP contribution in [0.15, 0.2) is 12.1 Å². The van der Waals surface area contributed by atoms with Crippen molar-refractivity contribution >= 4 is 11.7 Å². The number of rotatable bonds is 2. The highest BCUT2D eigenvalue weighted by Crippen LogP contribution is 2.42. The lowest BCUT2D eigenvalue weighted by Gasteiger charge is -2.18. The second-order valence-corrected chi connectivity index (χ2v) is 6.75. The first kappa shape index (κ1) is 13.3. The molecule has 1 aliphatic carbocycles. The molecule has 0 bridgehead atoms. The van der Waals surface area contributed by atoms with Crippen LogP contribution in [0.25, 0.3) is 0 Å². The Balaban J connectivity index is 2.06. The number of hydrogen-bond donors (Lipinski definition) is 1. The molecule has 0 spiro atoms. The average molecular weight is 271 g/mol. The maximum absolute atomic E-state index is 12.5. The van der Waals surface area contributed by atoms with Crippen molar-refractivity contribution in [3.63, 3.8) is 0 Å². The molecule has 1 saturated heterocycles. The van der Waals surface area contributed by atoms with E-state index >= 15 is 0 Å². The van der Waals surface area contributed by atoms with Gasteiger partial charge in [0.25, 0.3) is 0 Å². The summed E-state index contributed by atoms with van der Waals surface area (Å²) in [6, 6.07) is 4.32. The maximum atomic E-state index is 12.5. The Labute approximate surface area is 119 Å². The molecule has 1 aliphatic heterocycles. The first-order chi connectivity index (χ1) is 9.31. The predicted molar refractivity (Wildman–Crippen MR) is 77.9 cm³/mol. The fraction of sp³-hybridized carbons (Fsp3) is 0.529. The molecule has 1 unspecified atom stereocenters. The molecule has 1 amide bonds. The van der Waals surface area contributed by atoms with Crippen molar-refractivity contribution in [1.29, 1.82) is 0 Å². The molecule has 0 aromatic heterocycles. The molecule has 3 rings (SSSR count). The standard InChI is InChI=1S/C17H21NO2/c1-9-7-12(11-5-6-11)8-10(2)13(9)14-15(19)17(3,4)18-16(14)20/h7-8,11,14H,5-6H2,1-4H3,(H,18,20). The van der Waals surface area contributed by atoms with Crippen LogP contribution < -0.4 is 5.32 Å². The van der Waals surface area contributed by atoms with E-state index < -0.39 is 11.5 Å². The van der Waals surface area contributed by atoms with Gasteiger partial charge in [0.05, 0.1) is 5.54 Å². The lowest BCUT2D eigenvalue weighted by atomic mass is 9.83. The number of benzene rings is 1. The summed E-state index contributed by atoms with van der Waals surface area (Å²) in [7, 11) is 0. The Kier molecular flexibility index (Phi) is 2.79. The highest BCUT2D eigenvalue weighted by molar-refractivity contribution is 6.17. The zero-order valence-corrected chi connectivity index (χ0v) is 12.5. The largest absolute Gasteiger partial charge is 0.343 e. The zero-order chi connectivity index (χ0) is 14.7.